The number of hydrogen-bond donors (Lipinski definition) is 3. The van der Waals surface area contributed by atoms with E-state index in [0.29, 0.717) is 5.75 Å². The van der Waals surface area contributed by atoms with Crippen molar-refractivity contribution in [2.24, 2.45) is 0 Å². The molecule has 3 atom stereocenters. The van der Waals surface area contributed by atoms with Gasteiger partial charge in [0, 0.05) is 17.9 Å². The van der Waals surface area contributed by atoms with Crippen LogP contribution < -0.4 is 5.32 Å². The predicted octanol–water partition coefficient (Wildman–Crippen LogP) is 1.00. The predicted molar refractivity (Wildman–Crippen MR) is 70.6 cm³/mol. The van der Waals surface area contributed by atoms with Gasteiger partial charge in [-0.1, -0.05) is 19.3 Å². The number of aliphatic hydroxyl groups excluding tert-OH is 1. The fourth-order valence-electron chi connectivity index (χ4n) is 2.09. The van der Waals surface area contributed by atoms with Gasteiger partial charge in [-0.25, -0.2) is 4.79 Å². The molecule has 1 rings (SSSR count). The summed E-state index contributed by atoms with van der Waals surface area (Å²) in [5.74, 6) is -1.07. The Morgan fingerprint density at radius 3 is 2.61 bits per heavy atom. The van der Waals surface area contributed by atoms with E-state index in [-0.39, 0.29) is 17.3 Å². The summed E-state index contributed by atoms with van der Waals surface area (Å²) in [6, 6.07) is -0.872. The quantitative estimate of drug-likeness (QED) is 0.652. The van der Waals surface area contributed by atoms with Crippen molar-refractivity contribution in [3.8, 4) is 0 Å². The molecule has 1 aliphatic carbocycles. The Kier molecular flexibility index (Phi) is 6.49. The van der Waals surface area contributed by atoms with E-state index in [4.69, 9.17) is 5.11 Å². The summed E-state index contributed by atoms with van der Waals surface area (Å²) in [5.41, 5.74) is 0. The first-order chi connectivity index (χ1) is 8.50. The molecule has 6 heteroatoms. The number of aliphatic carboxylic acids is 1. The first-order valence-corrected chi connectivity index (χ1v) is 7.35. The molecule has 5 nitrogen and oxygen atoms in total. The van der Waals surface area contributed by atoms with Gasteiger partial charge in [0.05, 0.1) is 6.10 Å². The Balaban J connectivity index is 2.44. The molecule has 0 radical (unpaired) electrons. The zero-order valence-electron chi connectivity index (χ0n) is 10.6. The van der Waals surface area contributed by atoms with E-state index in [2.05, 4.69) is 5.32 Å². The molecule has 0 aromatic carbocycles. The molecule has 3 N–H and O–H groups in total. The van der Waals surface area contributed by atoms with Crippen molar-refractivity contribution < 1.29 is 19.8 Å². The summed E-state index contributed by atoms with van der Waals surface area (Å²) < 4.78 is 0. The highest BCUT2D eigenvalue weighted by molar-refractivity contribution is 8.00. The normalized spacial score (nSPS) is 26.1. The maximum atomic E-state index is 11.0. The molecule has 0 spiro atoms. The monoisotopic (exact) mass is 275 g/mol. The molecule has 1 amide bonds. The van der Waals surface area contributed by atoms with E-state index in [1.54, 1.807) is 0 Å². The van der Waals surface area contributed by atoms with Gasteiger partial charge in [-0.3, -0.25) is 4.79 Å². The Morgan fingerprint density at radius 1 is 1.33 bits per heavy atom. The van der Waals surface area contributed by atoms with E-state index < -0.39 is 12.0 Å². The van der Waals surface area contributed by atoms with Crippen molar-refractivity contribution in [2.75, 3.05) is 5.75 Å². The smallest absolute Gasteiger partial charge is 0.327 e. The molecule has 3 unspecified atom stereocenters. The third-order valence-corrected chi connectivity index (χ3v) is 4.57. The molecule has 0 aliphatic heterocycles. The van der Waals surface area contributed by atoms with Crippen LogP contribution in [0, 0.1) is 0 Å². The van der Waals surface area contributed by atoms with Crippen molar-refractivity contribution in [2.45, 2.75) is 56.4 Å². The number of thioether (sulfide) groups is 1. The summed E-state index contributed by atoms with van der Waals surface area (Å²) in [6.45, 7) is 1.31. The molecule has 0 bridgehead atoms. The number of rotatable bonds is 5. The Morgan fingerprint density at radius 2 is 2.00 bits per heavy atom. The van der Waals surface area contributed by atoms with Crippen molar-refractivity contribution in [1.82, 2.24) is 5.32 Å². The molecule has 18 heavy (non-hydrogen) atoms. The molecular weight excluding hydrogens is 254 g/mol. The second-order valence-corrected chi connectivity index (χ2v) is 5.94. The van der Waals surface area contributed by atoms with Gasteiger partial charge in [-0.15, -0.1) is 0 Å². The summed E-state index contributed by atoms with van der Waals surface area (Å²) in [6.07, 6.45) is 4.58. The Labute approximate surface area is 111 Å². The van der Waals surface area contributed by atoms with Crippen LogP contribution in [0.5, 0.6) is 0 Å². The first kappa shape index (κ1) is 15.3. The van der Waals surface area contributed by atoms with Gasteiger partial charge in [-0.2, -0.15) is 11.8 Å². The summed E-state index contributed by atoms with van der Waals surface area (Å²) in [7, 11) is 0. The minimum atomic E-state index is -1.03. The van der Waals surface area contributed by atoms with Crippen LogP contribution in [0.2, 0.25) is 0 Å². The largest absolute Gasteiger partial charge is 0.480 e. The third kappa shape index (κ3) is 5.27. The van der Waals surface area contributed by atoms with Gasteiger partial charge in [0.1, 0.15) is 6.04 Å². The van der Waals surface area contributed by atoms with Gasteiger partial charge in [0.2, 0.25) is 5.91 Å². The molecular formula is C12H21NO4S. The summed E-state index contributed by atoms with van der Waals surface area (Å²) in [5, 5.41) is 21.4. The lowest BCUT2D eigenvalue weighted by Crippen LogP contribution is -2.42. The lowest BCUT2D eigenvalue weighted by Gasteiger charge is -2.22. The Hall–Kier alpha value is -0.750. The van der Waals surface area contributed by atoms with Crippen LogP contribution in [-0.4, -0.2) is 45.2 Å². The zero-order chi connectivity index (χ0) is 13.5. The first-order valence-electron chi connectivity index (χ1n) is 6.30. The number of carbonyl (C=O) groups is 2. The molecule has 0 saturated heterocycles. The van der Waals surface area contributed by atoms with Crippen LogP contribution >= 0.6 is 11.8 Å². The number of aliphatic hydroxyl groups is 1. The second-order valence-electron chi connectivity index (χ2n) is 4.67. The van der Waals surface area contributed by atoms with Gasteiger partial charge in [0.15, 0.2) is 0 Å². The minimum Gasteiger partial charge on any atom is -0.480 e. The number of hydrogen-bond acceptors (Lipinski definition) is 4. The van der Waals surface area contributed by atoms with Crippen molar-refractivity contribution in [3.63, 3.8) is 0 Å². The van der Waals surface area contributed by atoms with Crippen molar-refractivity contribution in [1.29, 1.82) is 0 Å². The average Bonchev–Trinajstić information content (AvgIpc) is 2.48. The van der Waals surface area contributed by atoms with Crippen LogP contribution in [0.25, 0.3) is 0 Å². The van der Waals surface area contributed by atoms with E-state index >= 15 is 0 Å². The minimum absolute atomic E-state index is 0.0862. The highest BCUT2D eigenvalue weighted by Crippen LogP contribution is 2.28. The molecule has 1 saturated carbocycles. The molecule has 0 aromatic heterocycles. The van der Waals surface area contributed by atoms with E-state index in [0.717, 1.165) is 32.1 Å². The summed E-state index contributed by atoms with van der Waals surface area (Å²) in [4.78, 5) is 21.9. The highest BCUT2D eigenvalue weighted by atomic mass is 32.2. The number of carboxylic acids is 1. The van der Waals surface area contributed by atoms with Gasteiger partial charge in [-0.05, 0) is 12.8 Å². The molecule has 0 heterocycles. The van der Waals surface area contributed by atoms with Crippen LogP contribution in [0.1, 0.15) is 39.0 Å². The number of amides is 1. The fraction of sp³-hybridized carbons (Fsp3) is 0.833. The maximum Gasteiger partial charge on any atom is 0.327 e. The van der Waals surface area contributed by atoms with Crippen LogP contribution in [0.4, 0.5) is 0 Å². The number of carbonyl (C=O) groups excluding carboxylic acids is 1. The van der Waals surface area contributed by atoms with Gasteiger partial charge < -0.3 is 15.5 Å². The molecule has 1 aliphatic rings. The van der Waals surface area contributed by atoms with Crippen molar-refractivity contribution >= 4 is 23.6 Å². The summed E-state index contributed by atoms with van der Waals surface area (Å²) >= 11 is 1.45. The van der Waals surface area contributed by atoms with Gasteiger partial charge >= 0.3 is 5.97 Å². The third-order valence-electron chi connectivity index (χ3n) is 3.07. The fourth-order valence-corrected chi connectivity index (χ4v) is 3.45. The molecule has 1 fully saturated rings. The maximum absolute atomic E-state index is 11.0. The van der Waals surface area contributed by atoms with E-state index in [9.17, 15) is 14.7 Å². The SMILES string of the molecule is CC(=O)NC(CSC1CCCCCC1O)C(=O)O. The van der Waals surface area contributed by atoms with Gasteiger partial charge in [0.25, 0.3) is 0 Å². The topological polar surface area (TPSA) is 86.6 Å². The number of carboxylic acid groups (broad SMARTS) is 1. The van der Waals surface area contributed by atoms with Crippen molar-refractivity contribution in [3.05, 3.63) is 0 Å². The lowest BCUT2D eigenvalue weighted by atomic mass is 10.1. The molecule has 104 valence electrons. The lowest BCUT2D eigenvalue weighted by molar-refractivity contribution is -0.140. The zero-order valence-corrected chi connectivity index (χ0v) is 11.4. The second kappa shape index (κ2) is 7.63. The standard InChI is InChI=1S/C12H21NO4S/c1-8(14)13-9(12(16)17)7-18-11-6-4-2-3-5-10(11)15/h9-11,15H,2-7H2,1H3,(H,13,14)(H,16,17). The van der Waals surface area contributed by atoms with E-state index in [1.165, 1.54) is 18.7 Å². The van der Waals surface area contributed by atoms with Crippen LogP contribution in [-0.2, 0) is 9.59 Å². The van der Waals surface area contributed by atoms with E-state index in [1.807, 2.05) is 0 Å². The van der Waals surface area contributed by atoms with Crippen LogP contribution in [0.3, 0.4) is 0 Å². The molecule has 0 aromatic rings. The average molecular weight is 275 g/mol. The van der Waals surface area contributed by atoms with Crippen LogP contribution in [0.15, 0.2) is 0 Å². The Bertz CT molecular complexity index is 298. The number of nitrogens with one attached hydrogen (secondary N) is 1. The highest BCUT2D eigenvalue weighted by Gasteiger charge is 2.25.